The lowest BCUT2D eigenvalue weighted by Crippen LogP contribution is -2.45. The number of hydrogen-bond donors (Lipinski definition) is 4. The van der Waals surface area contributed by atoms with Gasteiger partial charge in [0.2, 0.25) is 11.8 Å². The van der Waals surface area contributed by atoms with Gasteiger partial charge in [0.25, 0.3) is 0 Å². The Morgan fingerprint density at radius 2 is 1.95 bits per heavy atom. The summed E-state index contributed by atoms with van der Waals surface area (Å²) in [5.41, 5.74) is 7.06. The van der Waals surface area contributed by atoms with E-state index in [1.807, 2.05) is 37.3 Å². The van der Waals surface area contributed by atoms with Crippen molar-refractivity contribution in [3.05, 3.63) is 35.9 Å². The van der Waals surface area contributed by atoms with Gasteiger partial charge in [-0.1, -0.05) is 30.3 Å². The average molecular weight is 322 g/mol. The second-order valence-corrected chi connectivity index (χ2v) is 6.51. The average Bonchev–Trinajstić information content (AvgIpc) is 3.04. The minimum absolute atomic E-state index is 0.0194. The zero-order valence-electron chi connectivity index (χ0n) is 12.6. The van der Waals surface area contributed by atoms with Crippen LogP contribution >= 0.6 is 11.8 Å². The van der Waals surface area contributed by atoms with Crippen molar-refractivity contribution in [2.45, 2.75) is 24.0 Å². The first-order chi connectivity index (χ1) is 10.6. The van der Waals surface area contributed by atoms with Crippen molar-refractivity contribution >= 4 is 23.6 Å². The predicted octanol–water partition coefficient (Wildman–Crippen LogP) is 0.0171. The highest BCUT2D eigenvalue weighted by atomic mass is 32.2. The summed E-state index contributed by atoms with van der Waals surface area (Å²) in [6, 6.07) is 10.1. The van der Waals surface area contributed by atoms with E-state index in [1.54, 1.807) is 11.8 Å². The van der Waals surface area contributed by atoms with Gasteiger partial charge in [0.15, 0.2) is 0 Å². The number of thioether (sulfide) groups is 1. The molecular formula is C15H22N4O2S. The van der Waals surface area contributed by atoms with Crippen LogP contribution in [0.25, 0.3) is 0 Å². The largest absolute Gasteiger partial charge is 0.349 e. The highest BCUT2D eigenvalue weighted by Crippen LogP contribution is 2.17. The van der Waals surface area contributed by atoms with Crippen LogP contribution in [0.1, 0.15) is 12.5 Å². The van der Waals surface area contributed by atoms with Crippen molar-refractivity contribution in [3.63, 3.8) is 0 Å². The molecule has 2 amide bonds. The van der Waals surface area contributed by atoms with Crippen LogP contribution in [0.4, 0.5) is 0 Å². The summed E-state index contributed by atoms with van der Waals surface area (Å²) in [6.07, 6.45) is 0. The number of benzene rings is 1. The van der Waals surface area contributed by atoms with E-state index in [1.165, 1.54) is 5.56 Å². The molecule has 120 valence electrons. The third kappa shape index (κ3) is 5.67. The standard InChI is InChI=1S/C15H22N4O2S/c1-11(22-10-12-5-3-2-4-6-12)15(21)16-9-14(20)19-13-7-17-18-8-13/h2-6,11,13,17-18H,7-10H2,1H3,(H,16,21)(H,19,20). The molecule has 1 aliphatic heterocycles. The highest BCUT2D eigenvalue weighted by molar-refractivity contribution is 7.99. The summed E-state index contributed by atoms with van der Waals surface area (Å²) >= 11 is 1.56. The number of hydrazine groups is 1. The van der Waals surface area contributed by atoms with Crippen molar-refractivity contribution in [1.82, 2.24) is 21.5 Å². The fraction of sp³-hybridized carbons (Fsp3) is 0.467. The van der Waals surface area contributed by atoms with Crippen LogP contribution in [0, 0.1) is 0 Å². The Morgan fingerprint density at radius 1 is 1.27 bits per heavy atom. The fourth-order valence-corrected chi connectivity index (χ4v) is 2.90. The third-order valence-electron chi connectivity index (χ3n) is 3.32. The molecule has 0 aromatic heterocycles. The first-order valence-corrected chi connectivity index (χ1v) is 8.38. The Kier molecular flexibility index (Phi) is 6.70. The number of amides is 2. The first-order valence-electron chi connectivity index (χ1n) is 7.33. The van der Waals surface area contributed by atoms with Crippen LogP contribution in [0.3, 0.4) is 0 Å². The molecule has 0 radical (unpaired) electrons. The molecule has 4 N–H and O–H groups in total. The maximum Gasteiger partial charge on any atom is 0.239 e. The van der Waals surface area contributed by atoms with Crippen LogP contribution < -0.4 is 21.5 Å². The van der Waals surface area contributed by atoms with E-state index in [0.29, 0.717) is 13.1 Å². The number of hydrogen-bond acceptors (Lipinski definition) is 5. The number of rotatable bonds is 7. The van der Waals surface area contributed by atoms with Gasteiger partial charge in [-0.25, -0.2) is 0 Å². The summed E-state index contributed by atoms with van der Waals surface area (Å²) in [4.78, 5) is 23.7. The van der Waals surface area contributed by atoms with E-state index in [9.17, 15) is 9.59 Å². The first kappa shape index (κ1) is 16.8. The molecule has 2 rings (SSSR count). The maximum atomic E-state index is 12.0. The van der Waals surface area contributed by atoms with Crippen LogP contribution in [-0.2, 0) is 15.3 Å². The maximum absolute atomic E-state index is 12.0. The quantitative estimate of drug-likeness (QED) is 0.569. The van der Waals surface area contributed by atoms with Crippen molar-refractivity contribution in [3.8, 4) is 0 Å². The summed E-state index contributed by atoms with van der Waals surface area (Å²) in [5.74, 6) is 0.504. The summed E-state index contributed by atoms with van der Waals surface area (Å²) in [5, 5.41) is 5.33. The molecule has 1 saturated heterocycles. The van der Waals surface area contributed by atoms with Gasteiger partial charge >= 0.3 is 0 Å². The molecule has 1 atom stereocenters. The second kappa shape index (κ2) is 8.77. The van der Waals surface area contributed by atoms with Crippen LogP contribution in [0.2, 0.25) is 0 Å². The molecule has 0 spiro atoms. The molecule has 1 aliphatic rings. The van der Waals surface area contributed by atoms with Crippen LogP contribution in [0.15, 0.2) is 30.3 Å². The molecule has 0 aliphatic carbocycles. The minimum Gasteiger partial charge on any atom is -0.349 e. The second-order valence-electron chi connectivity index (χ2n) is 5.18. The van der Waals surface area contributed by atoms with Gasteiger partial charge in [0.05, 0.1) is 17.8 Å². The van der Waals surface area contributed by atoms with Crippen molar-refractivity contribution < 1.29 is 9.59 Å². The van der Waals surface area contributed by atoms with Gasteiger partial charge < -0.3 is 10.6 Å². The molecule has 0 saturated carbocycles. The van der Waals surface area contributed by atoms with E-state index >= 15 is 0 Å². The summed E-state index contributed by atoms with van der Waals surface area (Å²) < 4.78 is 0. The third-order valence-corrected chi connectivity index (χ3v) is 4.54. The van der Waals surface area contributed by atoms with Crippen molar-refractivity contribution in [2.75, 3.05) is 19.6 Å². The number of carbonyl (C=O) groups is 2. The summed E-state index contributed by atoms with van der Waals surface area (Å²) in [6.45, 7) is 3.27. The SMILES string of the molecule is CC(SCc1ccccc1)C(=O)NCC(=O)NC1CNNC1. The molecular weight excluding hydrogens is 300 g/mol. The molecule has 0 bridgehead atoms. The molecule has 6 nitrogen and oxygen atoms in total. The Bertz CT molecular complexity index is 492. The van der Waals surface area contributed by atoms with Gasteiger partial charge in [-0.15, -0.1) is 11.8 Å². The van der Waals surface area contributed by atoms with Gasteiger partial charge in [-0.3, -0.25) is 20.4 Å². The topological polar surface area (TPSA) is 82.3 Å². The normalized spacial score (nSPS) is 16.2. The number of nitrogens with one attached hydrogen (secondary N) is 4. The Balaban J connectivity index is 1.64. The van der Waals surface area contributed by atoms with Gasteiger partial charge in [-0.05, 0) is 12.5 Å². The van der Waals surface area contributed by atoms with E-state index < -0.39 is 0 Å². The monoisotopic (exact) mass is 322 g/mol. The molecule has 7 heteroatoms. The number of carbonyl (C=O) groups excluding carboxylic acids is 2. The van der Waals surface area contributed by atoms with E-state index in [0.717, 1.165) is 5.75 Å². The minimum atomic E-state index is -0.192. The zero-order valence-corrected chi connectivity index (χ0v) is 13.4. The van der Waals surface area contributed by atoms with Crippen molar-refractivity contribution in [2.24, 2.45) is 0 Å². The van der Waals surface area contributed by atoms with Gasteiger partial charge in [-0.2, -0.15) is 0 Å². The van der Waals surface area contributed by atoms with E-state index in [4.69, 9.17) is 0 Å². The lowest BCUT2D eigenvalue weighted by atomic mass is 10.2. The Morgan fingerprint density at radius 3 is 2.64 bits per heavy atom. The molecule has 1 unspecified atom stereocenters. The molecule has 1 aromatic rings. The van der Waals surface area contributed by atoms with E-state index in [-0.39, 0.29) is 29.7 Å². The van der Waals surface area contributed by atoms with Crippen LogP contribution in [-0.4, -0.2) is 42.7 Å². The molecule has 1 fully saturated rings. The van der Waals surface area contributed by atoms with Crippen LogP contribution in [0.5, 0.6) is 0 Å². The van der Waals surface area contributed by atoms with E-state index in [2.05, 4.69) is 21.5 Å². The zero-order chi connectivity index (χ0) is 15.8. The Hall–Kier alpha value is -1.57. The fourth-order valence-electron chi connectivity index (χ4n) is 2.03. The smallest absolute Gasteiger partial charge is 0.239 e. The van der Waals surface area contributed by atoms with Crippen molar-refractivity contribution in [1.29, 1.82) is 0 Å². The predicted molar refractivity (Wildman–Crippen MR) is 88.1 cm³/mol. The lowest BCUT2D eigenvalue weighted by Gasteiger charge is -2.14. The highest BCUT2D eigenvalue weighted by Gasteiger charge is 2.18. The van der Waals surface area contributed by atoms with Gasteiger partial charge in [0.1, 0.15) is 0 Å². The molecule has 1 aromatic carbocycles. The molecule has 1 heterocycles. The summed E-state index contributed by atoms with van der Waals surface area (Å²) in [7, 11) is 0. The Labute approximate surface area is 134 Å². The lowest BCUT2D eigenvalue weighted by molar-refractivity contribution is -0.125. The van der Waals surface area contributed by atoms with Gasteiger partial charge in [0, 0.05) is 18.8 Å². The molecule has 22 heavy (non-hydrogen) atoms.